The fraction of sp³-hybridized carbons (Fsp3) is 0.190. The van der Waals surface area contributed by atoms with Gasteiger partial charge < -0.3 is 0 Å². The second-order valence-electron chi connectivity index (χ2n) is 6.60. The molecule has 1 aromatic carbocycles. The van der Waals surface area contributed by atoms with Crippen molar-refractivity contribution in [2.24, 2.45) is 0 Å². The van der Waals surface area contributed by atoms with Crippen molar-refractivity contribution in [2.75, 3.05) is 0 Å². The number of rotatable bonds is 3. The number of carbonyl (C=O) groups excluding carboxylic acids is 1. The molecule has 4 rings (SSSR count). The van der Waals surface area contributed by atoms with Crippen molar-refractivity contribution in [1.82, 2.24) is 19.7 Å². The molecule has 0 unspecified atom stereocenters. The number of fused-ring (bicyclic) bond motifs is 1. The van der Waals surface area contributed by atoms with Gasteiger partial charge in [-0.25, -0.2) is 9.97 Å². The molecule has 0 bridgehead atoms. The summed E-state index contributed by atoms with van der Waals surface area (Å²) in [6.45, 7) is 3.57. The van der Waals surface area contributed by atoms with Crippen molar-refractivity contribution in [3.05, 3.63) is 81.0 Å². The predicted molar refractivity (Wildman–Crippen MR) is 103 cm³/mol. The third-order valence-corrected chi connectivity index (χ3v) is 4.81. The molecule has 0 spiro atoms. The summed E-state index contributed by atoms with van der Waals surface area (Å²) >= 11 is 0. The lowest BCUT2D eigenvalue weighted by Crippen LogP contribution is -2.28. The van der Waals surface area contributed by atoms with Crippen LogP contribution in [0.1, 0.15) is 46.0 Å². The SMILES string of the molecule is CC(=O)c1ccc(C2=Cc3cnn(-c4ncccn4)c(=O)c3CC2)c(C)c1. The van der Waals surface area contributed by atoms with Gasteiger partial charge in [0.2, 0.25) is 0 Å². The van der Waals surface area contributed by atoms with Crippen LogP contribution < -0.4 is 5.56 Å². The van der Waals surface area contributed by atoms with Gasteiger partial charge in [-0.2, -0.15) is 9.78 Å². The minimum Gasteiger partial charge on any atom is -0.295 e. The molecule has 0 radical (unpaired) electrons. The molecule has 6 heteroatoms. The summed E-state index contributed by atoms with van der Waals surface area (Å²) < 4.78 is 1.24. The number of aryl methyl sites for hydroxylation is 1. The molecule has 0 atom stereocenters. The molecule has 0 saturated heterocycles. The van der Waals surface area contributed by atoms with Crippen LogP contribution >= 0.6 is 0 Å². The van der Waals surface area contributed by atoms with E-state index in [9.17, 15) is 9.59 Å². The van der Waals surface area contributed by atoms with E-state index < -0.39 is 0 Å². The summed E-state index contributed by atoms with van der Waals surface area (Å²) in [5.41, 5.74) is 5.36. The van der Waals surface area contributed by atoms with Crippen molar-refractivity contribution in [2.45, 2.75) is 26.7 Å². The Morgan fingerprint density at radius 2 is 1.93 bits per heavy atom. The number of benzene rings is 1. The largest absolute Gasteiger partial charge is 0.295 e. The monoisotopic (exact) mass is 358 g/mol. The highest BCUT2D eigenvalue weighted by molar-refractivity contribution is 5.95. The molecule has 0 aliphatic heterocycles. The second kappa shape index (κ2) is 6.72. The first kappa shape index (κ1) is 17.0. The van der Waals surface area contributed by atoms with Crippen LogP contribution in [0.5, 0.6) is 0 Å². The van der Waals surface area contributed by atoms with Crippen LogP contribution in [0.2, 0.25) is 0 Å². The lowest BCUT2D eigenvalue weighted by Gasteiger charge is -2.18. The van der Waals surface area contributed by atoms with Crippen LogP contribution in [0.25, 0.3) is 17.6 Å². The standard InChI is InChI=1S/C21H18N4O2/c1-13-10-15(14(2)26)4-6-18(13)16-5-7-19-17(11-16)12-24-25(20(19)27)21-22-8-3-9-23-21/h3-4,6,8-12H,5,7H2,1-2H3. The van der Waals surface area contributed by atoms with Crippen LogP contribution in [0.15, 0.2) is 47.7 Å². The molecule has 0 fully saturated rings. The van der Waals surface area contributed by atoms with Gasteiger partial charge in [0.1, 0.15) is 0 Å². The van der Waals surface area contributed by atoms with Crippen LogP contribution in [0, 0.1) is 6.92 Å². The average Bonchev–Trinajstić information content (AvgIpc) is 2.68. The summed E-state index contributed by atoms with van der Waals surface area (Å²) in [6, 6.07) is 7.44. The van der Waals surface area contributed by atoms with Gasteiger partial charge in [0.25, 0.3) is 11.5 Å². The molecular weight excluding hydrogens is 340 g/mol. The maximum absolute atomic E-state index is 12.8. The maximum atomic E-state index is 12.8. The van der Waals surface area contributed by atoms with Crippen LogP contribution in [-0.4, -0.2) is 25.5 Å². The molecule has 134 valence electrons. The lowest BCUT2D eigenvalue weighted by atomic mass is 9.87. The summed E-state index contributed by atoms with van der Waals surface area (Å²) in [5.74, 6) is 0.330. The van der Waals surface area contributed by atoms with Gasteiger partial charge in [-0.05, 0) is 61.6 Å². The Bertz CT molecular complexity index is 1130. The zero-order chi connectivity index (χ0) is 19.0. The van der Waals surface area contributed by atoms with E-state index in [0.717, 1.165) is 34.2 Å². The van der Waals surface area contributed by atoms with Crippen molar-refractivity contribution in [1.29, 1.82) is 0 Å². The number of aromatic nitrogens is 4. The van der Waals surface area contributed by atoms with Crippen molar-refractivity contribution >= 4 is 17.4 Å². The fourth-order valence-corrected chi connectivity index (χ4v) is 3.40. The molecule has 27 heavy (non-hydrogen) atoms. The van der Waals surface area contributed by atoms with Crippen molar-refractivity contribution in [3.63, 3.8) is 0 Å². The molecule has 1 aliphatic carbocycles. The highest BCUT2D eigenvalue weighted by Gasteiger charge is 2.19. The first-order chi connectivity index (χ1) is 13.0. The highest BCUT2D eigenvalue weighted by atomic mass is 16.1. The van der Waals surface area contributed by atoms with E-state index in [1.165, 1.54) is 4.68 Å². The Kier molecular flexibility index (Phi) is 4.24. The Labute approximate surface area is 156 Å². The van der Waals surface area contributed by atoms with E-state index in [1.807, 2.05) is 31.2 Å². The summed E-state index contributed by atoms with van der Waals surface area (Å²) in [6.07, 6.45) is 8.25. The minimum atomic E-state index is -0.183. The van der Waals surface area contributed by atoms with E-state index in [1.54, 1.807) is 31.6 Å². The van der Waals surface area contributed by atoms with Crippen molar-refractivity contribution < 1.29 is 4.79 Å². The third kappa shape index (κ3) is 3.10. The number of hydrogen-bond acceptors (Lipinski definition) is 5. The molecule has 0 N–H and O–H groups in total. The molecule has 1 aliphatic rings. The van der Waals surface area contributed by atoms with E-state index in [4.69, 9.17) is 0 Å². The highest BCUT2D eigenvalue weighted by Crippen LogP contribution is 2.31. The van der Waals surface area contributed by atoms with Gasteiger partial charge in [-0.1, -0.05) is 12.1 Å². The number of hydrogen-bond donors (Lipinski definition) is 0. The van der Waals surface area contributed by atoms with Gasteiger partial charge >= 0.3 is 0 Å². The van der Waals surface area contributed by atoms with Gasteiger partial charge in [0.05, 0.1) is 6.20 Å². The molecule has 6 nitrogen and oxygen atoms in total. The summed E-state index contributed by atoms with van der Waals surface area (Å²) in [7, 11) is 0. The van der Waals surface area contributed by atoms with E-state index in [0.29, 0.717) is 12.0 Å². The van der Waals surface area contributed by atoms with Crippen molar-refractivity contribution in [3.8, 4) is 5.95 Å². The Morgan fingerprint density at radius 3 is 2.63 bits per heavy atom. The predicted octanol–water partition coefficient (Wildman–Crippen LogP) is 3.02. The first-order valence-electron chi connectivity index (χ1n) is 8.76. The minimum absolute atomic E-state index is 0.0560. The Hall–Kier alpha value is -3.41. The average molecular weight is 358 g/mol. The Morgan fingerprint density at radius 1 is 1.15 bits per heavy atom. The van der Waals surface area contributed by atoms with Crippen LogP contribution in [0.4, 0.5) is 0 Å². The van der Waals surface area contributed by atoms with Gasteiger partial charge in [-0.15, -0.1) is 0 Å². The topological polar surface area (TPSA) is 77.7 Å². The second-order valence-corrected chi connectivity index (χ2v) is 6.60. The van der Waals surface area contributed by atoms with E-state index in [-0.39, 0.29) is 17.3 Å². The molecular formula is C21H18N4O2. The first-order valence-corrected chi connectivity index (χ1v) is 8.76. The number of Topliss-reactive ketones (excluding diaryl/α,β-unsaturated/α-hetero) is 1. The lowest BCUT2D eigenvalue weighted by molar-refractivity contribution is 0.101. The summed E-state index contributed by atoms with van der Waals surface area (Å²) in [5, 5.41) is 4.24. The number of ketones is 1. The van der Waals surface area contributed by atoms with Gasteiger partial charge in [-0.3, -0.25) is 9.59 Å². The number of allylic oxidation sites excluding steroid dienone is 1. The molecule has 3 aromatic rings. The Balaban J connectivity index is 1.75. The quantitative estimate of drug-likeness (QED) is 0.673. The molecule has 0 saturated carbocycles. The normalized spacial score (nSPS) is 13.0. The van der Waals surface area contributed by atoms with Crippen LogP contribution in [-0.2, 0) is 6.42 Å². The third-order valence-electron chi connectivity index (χ3n) is 4.81. The van der Waals surface area contributed by atoms with Gasteiger partial charge in [0, 0.05) is 29.1 Å². The number of nitrogens with zero attached hydrogens (tertiary/aromatic N) is 4. The summed E-state index contributed by atoms with van der Waals surface area (Å²) in [4.78, 5) is 32.6. The molecule has 0 amide bonds. The smallest absolute Gasteiger partial charge is 0.278 e. The zero-order valence-corrected chi connectivity index (χ0v) is 15.1. The molecule has 2 aromatic heterocycles. The fourth-order valence-electron chi connectivity index (χ4n) is 3.40. The zero-order valence-electron chi connectivity index (χ0n) is 15.1. The van der Waals surface area contributed by atoms with E-state index >= 15 is 0 Å². The van der Waals surface area contributed by atoms with Crippen LogP contribution in [0.3, 0.4) is 0 Å². The maximum Gasteiger partial charge on any atom is 0.278 e. The van der Waals surface area contributed by atoms with Gasteiger partial charge in [0.15, 0.2) is 5.78 Å². The molecule has 2 heterocycles. The van der Waals surface area contributed by atoms with E-state index in [2.05, 4.69) is 15.1 Å². The number of carbonyl (C=O) groups is 1.